The van der Waals surface area contributed by atoms with Crippen molar-refractivity contribution in [3.05, 3.63) is 66.0 Å². The van der Waals surface area contributed by atoms with E-state index in [0.29, 0.717) is 44.2 Å². The van der Waals surface area contributed by atoms with Crippen LogP contribution in [0.25, 0.3) is 0 Å². The Labute approximate surface area is 163 Å². The second-order valence-electron chi connectivity index (χ2n) is 6.81. The summed E-state index contributed by atoms with van der Waals surface area (Å²) in [6, 6.07) is 11.3. The number of carbonyl (C=O) groups excluding carboxylic acids is 1. The summed E-state index contributed by atoms with van der Waals surface area (Å²) >= 11 is 0. The predicted molar refractivity (Wildman–Crippen MR) is 101 cm³/mol. The van der Waals surface area contributed by atoms with Gasteiger partial charge in [-0.1, -0.05) is 18.2 Å². The Kier molecular flexibility index (Phi) is 5.12. The summed E-state index contributed by atoms with van der Waals surface area (Å²) in [6.07, 6.45) is 2.87. The molecule has 3 heterocycles. The molecule has 0 radical (unpaired) electrons. The van der Waals surface area contributed by atoms with E-state index >= 15 is 0 Å². The van der Waals surface area contributed by atoms with Crippen LogP contribution < -0.4 is 4.74 Å². The van der Waals surface area contributed by atoms with Crippen molar-refractivity contribution in [1.82, 2.24) is 24.2 Å². The molecule has 4 rings (SSSR count). The number of fused-ring (bicyclic) bond motifs is 1. The second-order valence-corrected chi connectivity index (χ2v) is 6.81. The van der Waals surface area contributed by atoms with Crippen molar-refractivity contribution in [2.45, 2.75) is 25.6 Å². The van der Waals surface area contributed by atoms with E-state index < -0.39 is 6.10 Å². The number of hydrogen-bond donors (Lipinski definition) is 1. The van der Waals surface area contributed by atoms with Crippen LogP contribution >= 0.6 is 0 Å². The summed E-state index contributed by atoms with van der Waals surface area (Å²) < 4.78 is 9.24. The van der Waals surface area contributed by atoms with Gasteiger partial charge in [0, 0.05) is 26.0 Å². The van der Waals surface area contributed by atoms with Crippen LogP contribution in [0.15, 0.2) is 48.8 Å². The first-order valence-corrected chi connectivity index (χ1v) is 9.29. The number of amides is 1. The molecule has 0 saturated heterocycles. The van der Waals surface area contributed by atoms with E-state index in [-0.39, 0.29) is 5.91 Å². The Bertz CT molecular complexity index is 950. The fourth-order valence-electron chi connectivity index (χ4n) is 3.34. The van der Waals surface area contributed by atoms with Crippen molar-refractivity contribution in [3.8, 4) is 5.75 Å². The van der Waals surface area contributed by atoms with E-state index in [1.165, 1.54) is 0 Å². The topological polar surface area (TPSA) is 85.4 Å². The van der Waals surface area contributed by atoms with Crippen molar-refractivity contribution in [2.75, 3.05) is 13.2 Å². The molecule has 0 bridgehead atoms. The van der Waals surface area contributed by atoms with Crippen LogP contribution in [0.3, 0.4) is 0 Å². The van der Waals surface area contributed by atoms with Crippen LogP contribution in [0, 0.1) is 0 Å². The van der Waals surface area contributed by atoms with Gasteiger partial charge >= 0.3 is 0 Å². The summed E-state index contributed by atoms with van der Waals surface area (Å²) in [6.45, 7) is 2.02. The molecule has 8 nitrogen and oxygen atoms in total. The smallest absolute Gasteiger partial charge is 0.226 e. The number of ether oxygens (including phenoxy) is 1. The molecule has 146 valence electrons. The van der Waals surface area contributed by atoms with Gasteiger partial charge in [-0.25, -0.2) is 4.98 Å². The molecule has 1 unspecified atom stereocenters. The average molecular weight is 381 g/mol. The summed E-state index contributed by atoms with van der Waals surface area (Å²) in [4.78, 5) is 18.5. The molecule has 1 N–H and O–H groups in total. The fourth-order valence-corrected chi connectivity index (χ4v) is 3.34. The van der Waals surface area contributed by atoms with Crippen molar-refractivity contribution >= 4 is 5.91 Å². The zero-order chi connectivity index (χ0) is 19.5. The van der Waals surface area contributed by atoms with Gasteiger partial charge in [0.2, 0.25) is 5.91 Å². The third-order valence-corrected chi connectivity index (χ3v) is 4.88. The number of aromatic nitrogens is 4. The molecule has 1 amide bonds. The van der Waals surface area contributed by atoms with Gasteiger partial charge in [-0.2, -0.15) is 5.10 Å². The number of rotatable bonds is 6. The van der Waals surface area contributed by atoms with E-state index in [2.05, 4.69) is 10.1 Å². The van der Waals surface area contributed by atoms with E-state index in [1.807, 2.05) is 53.0 Å². The number of carbonyl (C=O) groups is 1. The lowest BCUT2D eigenvalue weighted by Gasteiger charge is -2.27. The number of imidazole rings is 1. The standard InChI is InChI=1S/C20H23N5O3/c1-23-9-8-21-20(23)19(27)17-13-15-14-24(10-11-25(15)22-17)18(26)7-12-28-16-5-3-2-4-6-16/h2-6,8-9,13,19,27H,7,10-12,14H2,1H3. The average Bonchev–Trinajstić information content (AvgIpc) is 3.33. The van der Waals surface area contributed by atoms with E-state index in [1.54, 1.807) is 17.0 Å². The van der Waals surface area contributed by atoms with Crippen molar-refractivity contribution < 1.29 is 14.6 Å². The minimum absolute atomic E-state index is 0.0505. The fraction of sp³-hybridized carbons (Fsp3) is 0.350. The third kappa shape index (κ3) is 3.77. The van der Waals surface area contributed by atoms with Gasteiger partial charge < -0.3 is 19.3 Å². The summed E-state index contributed by atoms with van der Waals surface area (Å²) in [5, 5.41) is 15.0. The van der Waals surface area contributed by atoms with Crippen LogP contribution in [-0.2, 0) is 24.9 Å². The highest BCUT2D eigenvalue weighted by Crippen LogP contribution is 2.22. The van der Waals surface area contributed by atoms with E-state index in [0.717, 1.165) is 11.4 Å². The van der Waals surface area contributed by atoms with Crippen LogP contribution in [0.5, 0.6) is 5.75 Å². The first kappa shape index (κ1) is 18.2. The first-order valence-electron chi connectivity index (χ1n) is 9.29. The SMILES string of the molecule is Cn1ccnc1C(O)c1cc2n(n1)CCN(C(=O)CCOc1ccccc1)C2. The Hall–Kier alpha value is -3.13. The van der Waals surface area contributed by atoms with Gasteiger partial charge in [0.15, 0.2) is 6.10 Å². The van der Waals surface area contributed by atoms with Crippen molar-refractivity contribution in [1.29, 1.82) is 0 Å². The maximum atomic E-state index is 12.5. The van der Waals surface area contributed by atoms with Gasteiger partial charge in [0.1, 0.15) is 11.6 Å². The zero-order valence-corrected chi connectivity index (χ0v) is 15.7. The van der Waals surface area contributed by atoms with Crippen molar-refractivity contribution in [2.24, 2.45) is 7.05 Å². The van der Waals surface area contributed by atoms with Gasteiger partial charge in [0.25, 0.3) is 0 Å². The molecular formula is C20H23N5O3. The Morgan fingerprint density at radius 3 is 2.86 bits per heavy atom. The molecule has 1 atom stereocenters. The number of aliphatic hydroxyl groups is 1. The third-order valence-electron chi connectivity index (χ3n) is 4.88. The number of hydrogen-bond acceptors (Lipinski definition) is 5. The maximum absolute atomic E-state index is 12.5. The summed E-state index contributed by atoms with van der Waals surface area (Å²) in [5.41, 5.74) is 1.46. The molecule has 0 aliphatic carbocycles. The highest BCUT2D eigenvalue weighted by Gasteiger charge is 2.25. The molecule has 1 aliphatic heterocycles. The van der Waals surface area contributed by atoms with Gasteiger partial charge in [-0.15, -0.1) is 0 Å². The molecular weight excluding hydrogens is 358 g/mol. The molecule has 2 aromatic heterocycles. The van der Waals surface area contributed by atoms with E-state index in [9.17, 15) is 9.90 Å². The number of aliphatic hydroxyl groups excluding tert-OH is 1. The molecule has 0 fully saturated rings. The minimum Gasteiger partial charge on any atom is -0.493 e. The molecule has 1 aromatic carbocycles. The monoisotopic (exact) mass is 381 g/mol. The molecule has 3 aromatic rings. The molecule has 0 spiro atoms. The Morgan fingerprint density at radius 1 is 1.29 bits per heavy atom. The van der Waals surface area contributed by atoms with Crippen LogP contribution in [0.2, 0.25) is 0 Å². The number of aryl methyl sites for hydroxylation is 1. The number of nitrogens with zero attached hydrogens (tertiary/aromatic N) is 5. The first-order chi connectivity index (χ1) is 13.6. The highest BCUT2D eigenvalue weighted by atomic mass is 16.5. The van der Waals surface area contributed by atoms with Crippen molar-refractivity contribution in [3.63, 3.8) is 0 Å². The second kappa shape index (κ2) is 7.85. The van der Waals surface area contributed by atoms with Gasteiger partial charge in [0.05, 0.1) is 37.5 Å². The minimum atomic E-state index is -0.887. The zero-order valence-electron chi connectivity index (χ0n) is 15.7. The largest absolute Gasteiger partial charge is 0.493 e. The molecule has 0 saturated carbocycles. The lowest BCUT2D eigenvalue weighted by Crippen LogP contribution is -2.38. The Morgan fingerprint density at radius 2 is 2.11 bits per heavy atom. The molecule has 1 aliphatic rings. The Balaban J connectivity index is 1.36. The van der Waals surface area contributed by atoms with Gasteiger partial charge in [-0.3, -0.25) is 9.48 Å². The summed E-state index contributed by atoms with van der Waals surface area (Å²) in [5.74, 6) is 1.36. The van der Waals surface area contributed by atoms with Crippen LogP contribution in [0.4, 0.5) is 0 Å². The number of para-hydroxylation sites is 1. The lowest BCUT2D eigenvalue weighted by molar-refractivity contribution is -0.133. The molecule has 28 heavy (non-hydrogen) atoms. The molecule has 8 heteroatoms. The maximum Gasteiger partial charge on any atom is 0.226 e. The van der Waals surface area contributed by atoms with Gasteiger partial charge in [-0.05, 0) is 18.2 Å². The van der Waals surface area contributed by atoms with E-state index in [4.69, 9.17) is 4.74 Å². The highest BCUT2D eigenvalue weighted by molar-refractivity contribution is 5.76. The number of benzene rings is 1. The predicted octanol–water partition coefficient (Wildman–Crippen LogP) is 1.51. The lowest BCUT2D eigenvalue weighted by atomic mass is 10.2. The van der Waals surface area contributed by atoms with Crippen LogP contribution in [-0.4, -0.2) is 48.4 Å². The quantitative estimate of drug-likeness (QED) is 0.700. The van der Waals surface area contributed by atoms with Crippen LogP contribution in [0.1, 0.15) is 29.7 Å². The normalized spacial score (nSPS) is 14.6. The summed E-state index contributed by atoms with van der Waals surface area (Å²) in [7, 11) is 1.83.